The van der Waals surface area contributed by atoms with Crippen molar-refractivity contribution in [2.75, 3.05) is 13.2 Å². The highest BCUT2D eigenvalue weighted by Gasteiger charge is 2.39. The molecule has 2 heterocycles. The van der Waals surface area contributed by atoms with E-state index in [-0.39, 0.29) is 29.2 Å². The van der Waals surface area contributed by atoms with Gasteiger partial charge in [0.1, 0.15) is 0 Å². The van der Waals surface area contributed by atoms with Gasteiger partial charge in [-0.3, -0.25) is 14.9 Å². The molecule has 0 amide bonds. The first-order chi connectivity index (χ1) is 9.24. The molecule has 7 nitrogen and oxygen atoms in total. The van der Waals surface area contributed by atoms with Gasteiger partial charge in [0.05, 0.1) is 19.1 Å². The number of hydrogen-bond acceptors (Lipinski definition) is 6. The van der Waals surface area contributed by atoms with Gasteiger partial charge in [0.2, 0.25) is 5.54 Å². The van der Waals surface area contributed by atoms with Crippen LogP contribution in [0.2, 0.25) is 0 Å². The summed E-state index contributed by atoms with van der Waals surface area (Å²) in [7, 11) is 0. The summed E-state index contributed by atoms with van der Waals surface area (Å²) in [4.78, 5) is 31.5. The predicted octanol–water partition coefficient (Wildman–Crippen LogP) is 1.48. The van der Waals surface area contributed by atoms with Crippen molar-refractivity contribution in [1.29, 1.82) is 0 Å². The van der Waals surface area contributed by atoms with Crippen molar-refractivity contribution in [3.8, 4) is 0 Å². The molecule has 0 aromatic heterocycles. The number of nitro groups is 1. The maximum atomic E-state index is 11.0. The zero-order valence-corrected chi connectivity index (χ0v) is 11.7. The fourth-order valence-electron chi connectivity index (χ4n) is 1.87. The van der Waals surface area contributed by atoms with E-state index in [1.165, 1.54) is 13.8 Å². The number of hydrogen-bond donors (Lipinski definition) is 0. The summed E-state index contributed by atoms with van der Waals surface area (Å²) in [6.45, 7) is 7.44. The van der Waals surface area contributed by atoms with Gasteiger partial charge >= 0.3 is 11.9 Å². The Morgan fingerprint density at radius 2 is 2.00 bits per heavy atom. The fraction of sp³-hybridized carbons (Fsp3) is 0.692. The van der Waals surface area contributed by atoms with E-state index >= 15 is 0 Å². The Bertz CT molecular complexity index is 415. The minimum absolute atomic E-state index is 0.236. The Morgan fingerprint density at radius 1 is 1.35 bits per heavy atom. The zero-order chi connectivity index (χ0) is 15.3. The van der Waals surface area contributed by atoms with Crippen molar-refractivity contribution < 1.29 is 24.0 Å². The summed E-state index contributed by atoms with van der Waals surface area (Å²) in [6.07, 6.45) is 1.58. The molecule has 0 radical (unpaired) electrons. The molecular formula is C13H19NO6. The Labute approximate surface area is 117 Å². The van der Waals surface area contributed by atoms with Crippen molar-refractivity contribution in [3.63, 3.8) is 0 Å². The first kappa shape index (κ1) is 16.1. The normalized spacial score (nSPS) is 21.9. The molecule has 1 atom stereocenters. The van der Waals surface area contributed by atoms with Gasteiger partial charge in [-0.05, 0) is 6.42 Å². The summed E-state index contributed by atoms with van der Waals surface area (Å²) in [5.41, 5.74) is -0.436. The van der Waals surface area contributed by atoms with E-state index in [2.05, 4.69) is 11.3 Å². The first-order valence-corrected chi connectivity index (χ1v) is 6.40. The second kappa shape index (κ2) is 6.49. The smallest absolute Gasteiger partial charge is 0.333 e. The average molecular weight is 285 g/mol. The molecule has 0 aromatic carbocycles. The highest BCUT2D eigenvalue weighted by Crippen LogP contribution is 2.26. The van der Waals surface area contributed by atoms with Crippen LogP contribution in [0.4, 0.5) is 0 Å². The predicted molar refractivity (Wildman–Crippen MR) is 69.5 cm³/mol. The van der Waals surface area contributed by atoms with Crippen molar-refractivity contribution in [3.05, 3.63) is 22.3 Å². The van der Waals surface area contributed by atoms with Gasteiger partial charge in [-0.2, -0.15) is 0 Å². The van der Waals surface area contributed by atoms with Crippen molar-refractivity contribution in [2.24, 2.45) is 5.92 Å². The van der Waals surface area contributed by atoms with E-state index in [0.29, 0.717) is 31.6 Å². The van der Waals surface area contributed by atoms with Crippen molar-refractivity contribution in [2.45, 2.75) is 38.6 Å². The Kier molecular flexibility index (Phi) is 5.24. The number of esters is 2. The van der Waals surface area contributed by atoms with E-state index in [1.54, 1.807) is 0 Å². The third kappa shape index (κ3) is 4.32. The van der Waals surface area contributed by atoms with Gasteiger partial charge in [0.15, 0.2) is 0 Å². The summed E-state index contributed by atoms with van der Waals surface area (Å²) in [5.74, 6) is -0.824. The minimum Gasteiger partial charge on any atom is -0.465 e. The standard InChI is InChI=1S/C8H13NO4.C5H6O2/c1-8(2,9(11)12)5-6-3-4-13-7(6)10;1-4-2-3-7-5(4)6/h6H,3-5H2,1-2H3;1-3H2. The van der Waals surface area contributed by atoms with Crippen LogP contribution in [0.5, 0.6) is 0 Å². The lowest BCUT2D eigenvalue weighted by Crippen LogP contribution is -2.34. The van der Waals surface area contributed by atoms with Crippen LogP contribution < -0.4 is 0 Å². The van der Waals surface area contributed by atoms with E-state index in [9.17, 15) is 19.7 Å². The molecule has 2 rings (SSSR count). The summed E-state index contributed by atoms with van der Waals surface area (Å²) in [5, 5.41) is 10.6. The van der Waals surface area contributed by atoms with Crippen LogP contribution in [0.15, 0.2) is 12.2 Å². The van der Waals surface area contributed by atoms with Crippen LogP contribution in [0.1, 0.15) is 33.1 Å². The topological polar surface area (TPSA) is 95.7 Å². The SMILES string of the molecule is C=C1CCOC1=O.CC(C)(CC1CCOC1=O)[N+](=O)[O-]. The monoisotopic (exact) mass is 285 g/mol. The second-order valence-electron chi connectivity index (χ2n) is 5.42. The minimum atomic E-state index is -1.03. The molecule has 2 aliphatic heterocycles. The lowest BCUT2D eigenvalue weighted by atomic mass is 9.90. The zero-order valence-electron chi connectivity index (χ0n) is 11.7. The molecule has 0 saturated carbocycles. The van der Waals surface area contributed by atoms with Gasteiger partial charge in [0, 0.05) is 37.2 Å². The third-order valence-corrected chi connectivity index (χ3v) is 3.21. The van der Waals surface area contributed by atoms with Gasteiger partial charge in [-0.25, -0.2) is 4.79 Å². The molecule has 0 spiro atoms. The van der Waals surface area contributed by atoms with Gasteiger partial charge in [-0.1, -0.05) is 6.58 Å². The highest BCUT2D eigenvalue weighted by molar-refractivity contribution is 5.89. The maximum Gasteiger partial charge on any atom is 0.333 e. The van der Waals surface area contributed by atoms with Crippen molar-refractivity contribution in [1.82, 2.24) is 0 Å². The maximum absolute atomic E-state index is 11.0. The Morgan fingerprint density at radius 3 is 2.30 bits per heavy atom. The van der Waals surface area contributed by atoms with Gasteiger partial charge in [0.25, 0.3) is 0 Å². The van der Waals surface area contributed by atoms with Crippen LogP contribution in [0, 0.1) is 16.0 Å². The first-order valence-electron chi connectivity index (χ1n) is 6.40. The Balaban J connectivity index is 0.000000240. The molecule has 0 aromatic rings. The number of ether oxygens (including phenoxy) is 2. The van der Waals surface area contributed by atoms with Crippen molar-refractivity contribution >= 4 is 11.9 Å². The van der Waals surface area contributed by atoms with Crippen LogP contribution in [-0.2, 0) is 19.1 Å². The molecule has 2 fully saturated rings. The molecule has 7 heteroatoms. The quantitative estimate of drug-likeness (QED) is 0.337. The largest absolute Gasteiger partial charge is 0.465 e. The molecular weight excluding hydrogens is 266 g/mol. The van der Waals surface area contributed by atoms with E-state index in [1.807, 2.05) is 0 Å². The molecule has 20 heavy (non-hydrogen) atoms. The summed E-state index contributed by atoms with van der Waals surface area (Å²) in [6, 6.07) is 0. The molecule has 2 saturated heterocycles. The highest BCUT2D eigenvalue weighted by atomic mass is 16.6. The van der Waals surface area contributed by atoms with E-state index < -0.39 is 5.54 Å². The van der Waals surface area contributed by atoms with Gasteiger partial charge < -0.3 is 9.47 Å². The number of carbonyl (C=O) groups is 2. The number of carbonyl (C=O) groups excluding carboxylic acids is 2. The summed E-state index contributed by atoms with van der Waals surface area (Å²) < 4.78 is 9.26. The van der Waals surface area contributed by atoms with E-state index in [4.69, 9.17) is 4.74 Å². The fourth-order valence-corrected chi connectivity index (χ4v) is 1.87. The molecule has 0 bridgehead atoms. The number of nitrogens with zero attached hydrogens (tertiary/aromatic N) is 1. The van der Waals surface area contributed by atoms with Crippen LogP contribution in [0.25, 0.3) is 0 Å². The number of rotatable bonds is 3. The average Bonchev–Trinajstić information content (AvgIpc) is 2.90. The van der Waals surface area contributed by atoms with Gasteiger partial charge in [-0.15, -0.1) is 0 Å². The van der Waals surface area contributed by atoms with Crippen LogP contribution >= 0.6 is 0 Å². The molecule has 1 unspecified atom stereocenters. The van der Waals surface area contributed by atoms with E-state index in [0.717, 1.165) is 0 Å². The number of cyclic esters (lactones) is 2. The molecule has 112 valence electrons. The lowest BCUT2D eigenvalue weighted by molar-refractivity contribution is -0.562. The second-order valence-corrected chi connectivity index (χ2v) is 5.42. The molecule has 0 aliphatic carbocycles. The van der Waals surface area contributed by atoms with Crippen LogP contribution in [0.3, 0.4) is 0 Å². The summed E-state index contributed by atoms with van der Waals surface area (Å²) >= 11 is 0. The Hall–Kier alpha value is -1.92. The third-order valence-electron chi connectivity index (χ3n) is 3.21. The molecule has 2 aliphatic rings. The lowest BCUT2D eigenvalue weighted by Gasteiger charge is -2.17. The molecule has 0 N–H and O–H groups in total. The van der Waals surface area contributed by atoms with Crippen LogP contribution in [-0.4, -0.2) is 35.6 Å².